The zero-order valence-electron chi connectivity index (χ0n) is 10.6. The molecule has 0 saturated carbocycles. The van der Waals surface area contributed by atoms with Crippen molar-refractivity contribution in [1.82, 2.24) is 14.9 Å². The maximum Gasteiger partial charge on any atom is 0.242 e. The van der Waals surface area contributed by atoms with Crippen molar-refractivity contribution in [2.75, 3.05) is 26.4 Å². The second-order valence-electron chi connectivity index (χ2n) is 4.39. The van der Waals surface area contributed by atoms with Crippen molar-refractivity contribution in [2.24, 2.45) is 0 Å². The lowest BCUT2D eigenvalue weighted by molar-refractivity contribution is -0.125. The van der Waals surface area contributed by atoms with Crippen LogP contribution >= 0.6 is 0 Å². The predicted octanol–water partition coefficient (Wildman–Crippen LogP) is -1.34. The first-order valence-corrected chi connectivity index (χ1v) is 7.64. The van der Waals surface area contributed by atoms with E-state index in [0.29, 0.717) is 32.4 Å². The van der Waals surface area contributed by atoms with Crippen LogP contribution in [0.4, 0.5) is 0 Å². The van der Waals surface area contributed by atoms with Crippen LogP contribution in [-0.2, 0) is 19.6 Å². The number of hydrogen-bond donors (Lipinski definition) is 2. The molecule has 0 radical (unpaired) electrons. The van der Waals surface area contributed by atoms with Crippen LogP contribution in [0.5, 0.6) is 0 Å². The molecule has 18 heavy (non-hydrogen) atoms. The Labute approximate surface area is 107 Å². The van der Waals surface area contributed by atoms with Crippen LogP contribution in [0.2, 0.25) is 0 Å². The van der Waals surface area contributed by atoms with Crippen molar-refractivity contribution in [3.05, 3.63) is 0 Å². The fourth-order valence-corrected chi connectivity index (χ4v) is 2.07. The Morgan fingerprint density at radius 3 is 2.72 bits per heavy atom. The van der Waals surface area contributed by atoms with E-state index in [0.717, 1.165) is 6.26 Å². The monoisotopic (exact) mass is 277 g/mol. The third kappa shape index (κ3) is 4.61. The lowest BCUT2D eigenvalue weighted by Gasteiger charge is -2.15. The maximum atomic E-state index is 11.6. The summed E-state index contributed by atoms with van der Waals surface area (Å²) in [6.45, 7) is 0.751. The van der Waals surface area contributed by atoms with E-state index >= 15 is 0 Å². The Morgan fingerprint density at radius 1 is 1.56 bits per heavy atom. The van der Waals surface area contributed by atoms with Gasteiger partial charge in [0.2, 0.25) is 21.8 Å². The molecule has 1 fully saturated rings. The molecular formula is C10H19N3O4S. The summed E-state index contributed by atoms with van der Waals surface area (Å²) in [5.41, 5.74) is 0. The molecule has 1 unspecified atom stereocenters. The molecule has 1 aliphatic heterocycles. The zero-order valence-corrected chi connectivity index (χ0v) is 11.4. The molecule has 0 spiro atoms. The number of carbonyl (C=O) groups excluding carboxylic acids is 2. The van der Waals surface area contributed by atoms with Gasteiger partial charge in [-0.3, -0.25) is 9.59 Å². The Hall–Kier alpha value is -1.15. The van der Waals surface area contributed by atoms with Gasteiger partial charge < -0.3 is 10.6 Å². The molecule has 0 aromatic carbocycles. The topological polar surface area (TPSA) is 95.6 Å². The summed E-state index contributed by atoms with van der Waals surface area (Å²) in [5, 5.41) is 5.25. The second-order valence-corrected chi connectivity index (χ2v) is 6.48. The van der Waals surface area contributed by atoms with Crippen LogP contribution < -0.4 is 10.6 Å². The van der Waals surface area contributed by atoms with Crippen molar-refractivity contribution in [2.45, 2.75) is 25.3 Å². The molecule has 1 atom stereocenters. The van der Waals surface area contributed by atoms with Gasteiger partial charge in [0.25, 0.3) is 0 Å². The Bertz CT molecular complexity index is 421. The van der Waals surface area contributed by atoms with Gasteiger partial charge in [-0.05, 0) is 12.8 Å². The predicted molar refractivity (Wildman–Crippen MR) is 66.3 cm³/mol. The van der Waals surface area contributed by atoms with E-state index in [2.05, 4.69) is 10.6 Å². The number of rotatable bonds is 6. The molecule has 0 bridgehead atoms. The van der Waals surface area contributed by atoms with Crippen LogP contribution in [0.15, 0.2) is 0 Å². The summed E-state index contributed by atoms with van der Waals surface area (Å²) < 4.78 is 23.4. The summed E-state index contributed by atoms with van der Waals surface area (Å²) in [6.07, 6.45) is 2.58. The van der Waals surface area contributed by atoms with Gasteiger partial charge in [0.1, 0.15) is 6.04 Å². The largest absolute Gasteiger partial charge is 0.354 e. The first kappa shape index (κ1) is 14.9. The van der Waals surface area contributed by atoms with Gasteiger partial charge >= 0.3 is 0 Å². The minimum Gasteiger partial charge on any atom is -0.354 e. The molecule has 1 heterocycles. The molecule has 2 amide bonds. The molecule has 104 valence electrons. The maximum absolute atomic E-state index is 11.6. The van der Waals surface area contributed by atoms with Crippen molar-refractivity contribution in [1.29, 1.82) is 0 Å². The van der Waals surface area contributed by atoms with E-state index in [-0.39, 0.29) is 11.8 Å². The van der Waals surface area contributed by atoms with Crippen LogP contribution in [0, 0.1) is 0 Å². The summed E-state index contributed by atoms with van der Waals surface area (Å²) in [6, 6.07) is -0.440. The fraction of sp³-hybridized carbons (Fsp3) is 0.800. The van der Waals surface area contributed by atoms with Gasteiger partial charge in [0.15, 0.2) is 0 Å². The van der Waals surface area contributed by atoms with E-state index in [1.165, 1.54) is 11.4 Å². The molecule has 0 aromatic rings. The van der Waals surface area contributed by atoms with Crippen molar-refractivity contribution < 1.29 is 18.0 Å². The highest BCUT2D eigenvalue weighted by atomic mass is 32.2. The van der Waals surface area contributed by atoms with Crippen molar-refractivity contribution >= 4 is 21.8 Å². The summed E-state index contributed by atoms with van der Waals surface area (Å²) >= 11 is 0. The van der Waals surface area contributed by atoms with E-state index in [1.54, 1.807) is 0 Å². The Kier molecular flexibility index (Phi) is 5.09. The number of amides is 2. The molecule has 7 nitrogen and oxygen atoms in total. The van der Waals surface area contributed by atoms with E-state index in [4.69, 9.17) is 0 Å². The average Bonchev–Trinajstić information content (AvgIpc) is 2.69. The molecule has 1 rings (SSSR count). The minimum atomic E-state index is -3.16. The number of sulfonamides is 1. The molecule has 2 N–H and O–H groups in total. The van der Waals surface area contributed by atoms with Crippen LogP contribution in [0.1, 0.15) is 19.3 Å². The first-order chi connectivity index (χ1) is 8.30. The van der Waals surface area contributed by atoms with Gasteiger partial charge in [-0.1, -0.05) is 0 Å². The number of nitrogens with zero attached hydrogens (tertiary/aromatic N) is 1. The standard InChI is InChI=1S/C10H19N3O4S/c1-13(18(2,16)17)7-3-6-11-10(15)8-4-5-9(14)12-8/h8H,3-7H2,1-2H3,(H,11,15)(H,12,14). The van der Waals surface area contributed by atoms with Gasteiger partial charge in [-0.2, -0.15) is 0 Å². The highest BCUT2D eigenvalue weighted by Gasteiger charge is 2.26. The third-order valence-electron chi connectivity index (χ3n) is 2.83. The highest BCUT2D eigenvalue weighted by molar-refractivity contribution is 7.88. The highest BCUT2D eigenvalue weighted by Crippen LogP contribution is 2.06. The van der Waals surface area contributed by atoms with Gasteiger partial charge in [-0.25, -0.2) is 12.7 Å². The quantitative estimate of drug-likeness (QED) is 0.588. The molecule has 0 aromatic heterocycles. The minimum absolute atomic E-state index is 0.105. The lowest BCUT2D eigenvalue weighted by Crippen LogP contribution is -2.42. The molecule has 8 heteroatoms. The van der Waals surface area contributed by atoms with Crippen LogP contribution in [-0.4, -0.2) is 57.0 Å². The lowest BCUT2D eigenvalue weighted by atomic mass is 10.2. The van der Waals surface area contributed by atoms with Gasteiger partial charge in [0, 0.05) is 26.6 Å². The SMILES string of the molecule is CN(CCCNC(=O)C1CCC(=O)N1)S(C)(=O)=O. The zero-order chi connectivity index (χ0) is 13.8. The van der Waals surface area contributed by atoms with E-state index < -0.39 is 16.1 Å². The number of hydrogen-bond acceptors (Lipinski definition) is 4. The third-order valence-corrected chi connectivity index (χ3v) is 4.14. The first-order valence-electron chi connectivity index (χ1n) is 5.79. The molecule has 0 aliphatic carbocycles. The second kappa shape index (κ2) is 6.14. The smallest absolute Gasteiger partial charge is 0.242 e. The summed E-state index contributed by atoms with van der Waals surface area (Å²) in [7, 11) is -1.67. The fourth-order valence-electron chi connectivity index (χ4n) is 1.61. The normalized spacial score (nSPS) is 19.9. The van der Waals surface area contributed by atoms with E-state index in [1.807, 2.05) is 0 Å². The van der Waals surface area contributed by atoms with Crippen LogP contribution in [0.25, 0.3) is 0 Å². The van der Waals surface area contributed by atoms with E-state index in [9.17, 15) is 18.0 Å². The van der Waals surface area contributed by atoms with Gasteiger partial charge in [-0.15, -0.1) is 0 Å². The van der Waals surface area contributed by atoms with Gasteiger partial charge in [0.05, 0.1) is 6.26 Å². The Balaban J connectivity index is 2.18. The number of nitrogens with one attached hydrogen (secondary N) is 2. The Morgan fingerprint density at radius 2 is 2.22 bits per heavy atom. The average molecular weight is 277 g/mol. The van der Waals surface area contributed by atoms with Crippen molar-refractivity contribution in [3.8, 4) is 0 Å². The molecule has 1 aliphatic rings. The van der Waals surface area contributed by atoms with Crippen LogP contribution in [0.3, 0.4) is 0 Å². The molecule has 1 saturated heterocycles. The number of carbonyl (C=O) groups is 2. The van der Waals surface area contributed by atoms with Crippen molar-refractivity contribution in [3.63, 3.8) is 0 Å². The molecular weight excluding hydrogens is 258 g/mol. The summed E-state index contributed by atoms with van der Waals surface area (Å²) in [4.78, 5) is 22.5. The summed E-state index contributed by atoms with van der Waals surface area (Å²) in [5.74, 6) is -0.310.